The molecule has 2 bridgehead atoms. The molecule has 8 heteroatoms. The molecule has 3 aliphatic rings. The summed E-state index contributed by atoms with van der Waals surface area (Å²) in [5, 5.41) is 16.0. The van der Waals surface area contributed by atoms with Crippen LogP contribution < -0.4 is 5.32 Å². The Morgan fingerprint density at radius 1 is 0.804 bits per heavy atom. The second-order valence-corrected chi connectivity index (χ2v) is 13.7. The van der Waals surface area contributed by atoms with Gasteiger partial charge in [0.1, 0.15) is 0 Å². The molecule has 8 nitrogen and oxygen atoms in total. The standard InChI is InChI=1S/C43H44N4O4/c1-2-3-4-5-12-23-35(48)46-26-27-47-41(49)38-31-28-32(43(51,30-19-10-7-11-20-30)34-22-14-16-25-45-34)39(40(38)42(47)50)37(31)36(29-17-8-6-9-18-29)33-21-13-15-24-44-33/h6-11,13-22,24-25,28,31,38-40,51H,2-5,12,23,26-27H2,1H3,(H,46,48)/t31-,38-,39+,40-,43?/m0/s1. The van der Waals surface area contributed by atoms with Gasteiger partial charge in [-0.3, -0.25) is 29.3 Å². The van der Waals surface area contributed by atoms with E-state index in [1.807, 2.05) is 97.1 Å². The maximum absolute atomic E-state index is 14.6. The Hall–Kier alpha value is -5.21. The lowest BCUT2D eigenvalue weighted by atomic mass is 9.71. The van der Waals surface area contributed by atoms with Crippen LogP contribution in [-0.2, 0) is 20.0 Å². The molecule has 2 aliphatic carbocycles. The van der Waals surface area contributed by atoms with E-state index >= 15 is 0 Å². The number of nitrogens with one attached hydrogen (secondary N) is 1. The number of hydrogen-bond donors (Lipinski definition) is 2. The average molecular weight is 681 g/mol. The third-order valence-corrected chi connectivity index (χ3v) is 10.7. The number of allylic oxidation sites excluding steroid dienone is 2. The third kappa shape index (κ3) is 6.33. The lowest BCUT2D eigenvalue weighted by molar-refractivity contribution is -0.140. The van der Waals surface area contributed by atoms with Crippen LogP contribution in [0.15, 0.2) is 127 Å². The fourth-order valence-corrected chi connectivity index (χ4v) is 8.42. The minimum atomic E-state index is -1.67. The van der Waals surface area contributed by atoms with E-state index in [0.717, 1.165) is 54.5 Å². The highest BCUT2D eigenvalue weighted by Crippen LogP contribution is 2.64. The van der Waals surface area contributed by atoms with Gasteiger partial charge in [0, 0.05) is 49.3 Å². The molecule has 1 saturated carbocycles. The Morgan fingerprint density at radius 2 is 1.47 bits per heavy atom. The number of hydrogen-bond acceptors (Lipinski definition) is 6. The van der Waals surface area contributed by atoms with Gasteiger partial charge in [-0.25, -0.2) is 0 Å². The second kappa shape index (κ2) is 15.0. The van der Waals surface area contributed by atoms with Crippen molar-refractivity contribution in [3.8, 4) is 0 Å². The largest absolute Gasteiger partial charge is 0.375 e. The van der Waals surface area contributed by atoms with Gasteiger partial charge in [0.25, 0.3) is 0 Å². The number of amides is 3. The second-order valence-electron chi connectivity index (χ2n) is 13.7. The van der Waals surface area contributed by atoms with Gasteiger partial charge in [0.15, 0.2) is 5.60 Å². The number of imide groups is 1. The molecule has 1 unspecified atom stereocenters. The summed E-state index contributed by atoms with van der Waals surface area (Å²) < 4.78 is 0. The van der Waals surface area contributed by atoms with Gasteiger partial charge >= 0.3 is 0 Å². The number of carbonyl (C=O) groups is 3. The van der Waals surface area contributed by atoms with Crippen LogP contribution in [0.1, 0.15) is 68.0 Å². The highest BCUT2D eigenvalue weighted by atomic mass is 16.3. The van der Waals surface area contributed by atoms with Gasteiger partial charge in [0.2, 0.25) is 17.7 Å². The lowest BCUT2D eigenvalue weighted by Crippen LogP contribution is -2.40. The summed E-state index contributed by atoms with van der Waals surface area (Å²) >= 11 is 0. The summed E-state index contributed by atoms with van der Waals surface area (Å²) in [7, 11) is 0. The van der Waals surface area contributed by atoms with Gasteiger partial charge in [-0.15, -0.1) is 0 Å². The third-order valence-electron chi connectivity index (χ3n) is 10.7. The van der Waals surface area contributed by atoms with E-state index in [9.17, 15) is 19.5 Å². The maximum atomic E-state index is 14.6. The molecule has 260 valence electrons. The molecule has 1 aliphatic heterocycles. The van der Waals surface area contributed by atoms with Crippen molar-refractivity contribution >= 4 is 23.3 Å². The summed E-state index contributed by atoms with van der Waals surface area (Å²) in [4.78, 5) is 52.2. The number of fused-ring (bicyclic) bond motifs is 5. The van der Waals surface area contributed by atoms with Crippen LogP contribution in [0.3, 0.4) is 0 Å². The van der Waals surface area contributed by atoms with Crippen molar-refractivity contribution in [2.45, 2.75) is 51.0 Å². The minimum Gasteiger partial charge on any atom is -0.375 e. The predicted molar refractivity (Wildman–Crippen MR) is 196 cm³/mol. The quantitative estimate of drug-likeness (QED) is 0.0897. The number of carbonyl (C=O) groups excluding carboxylic acids is 3. The van der Waals surface area contributed by atoms with Crippen LogP contribution >= 0.6 is 0 Å². The molecule has 1 saturated heterocycles. The van der Waals surface area contributed by atoms with Crippen molar-refractivity contribution in [2.75, 3.05) is 13.1 Å². The fraction of sp³-hybridized carbons (Fsp3) is 0.326. The van der Waals surface area contributed by atoms with Crippen LogP contribution in [0.4, 0.5) is 0 Å². The van der Waals surface area contributed by atoms with Gasteiger partial charge in [-0.2, -0.15) is 0 Å². The van der Waals surface area contributed by atoms with E-state index in [1.54, 1.807) is 18.5 Å². The predicted octanol–water partition coefficient (Wildman–Crippen LogP) is 6.48. The molecule has 2 N–H and O–H groups in total. The monoisotopic (exact) mass is 680 g/mol. The average Bonchev–Trinajstić information content (AvgIpc) is 3.79. The number of pyridine rings is 2. The molecule has 51 heavy (non-hydrogen) atoms. The Labute approximate surface area is 299 Å². The summed E-state index contributed by atoms with van der Waals surface area (Å²) in [6, 6.07) is 30.6. The summed E-state index contributed by atoms with van der Waals surface area (Å²) in [6.45, 7) is 2.47. The van der Waals surface area contributed by atoms with E-state index < -0.39 is 29.3 Å². The van der Waals surface area contributed by atoms with Crippen LogP contribution in [0, 0.1) is 23.7 Å². The van der Waals surface area contributed by atoms with Gasteiger partial charge in [0.05, 0.1) is 23.2 Å². The SMILES string of the molecule is CCCCCCCC(=O)NCCN1C(=O)[C@@H]2[C@@H]3C(C(O)(c4ccccc4)c4ccccn4)=C[C@@H](C3=C(c3ccccc3)c3ccccn3)[C@@H]2C1=O. The highest BCUT2D eigenvalue weighted by molar-refractivity contribution is 6.08. The topological polar surface area (TPSA) is 112 Å². The first kappa shape index (κ1) is 34.2. The van der Waals surface area contributed by atoms with Crippen molar-refractivity contribution in [3.05, 3.63) is 149 Å². The molecule has 2 aromatic heterocycles. The molecule has 3 heterocycles. The minimum absolute atomic E-state index is 0.0637. The molecule has 3 amide bonds. The van der Waals surface area contributed by atoms with E-state index in [-0.39, 0.29) is 30.8 Å². The van der Waals surface area contributed by atoms with E-state index in [1.165, 1.54) is 4.90 Å². The molecule has 2 fully saturated rings. The van der Waals surface area contributed by atoms with E-state index in [2.05, 4.69) is 17.2 Å². The molecule has 0 radical (unpaired) electrons. The van der Waals surface area contributed by atoms with Crippen molar-refractivity contribution < 1.29 is 19.5 Å². The summed E-state index contributed by atoms with van der Waals surface area (Å²) in [5.41, 5.74) is 3.46. The first-order valence-electron chi connectivity index (χ1n) is 18.2. The van der Waals surface area contributed by atoms with Gasteiger partial charge < -0.3 is 10.4 Å². The summed E-state index contributed by atoms with van der Waals surface area (Å²) in [5.74, 6) is -3.03. The number of aromatic nitrogens is 2. The van der Waals surface area contributed by atoms with Crippen molar-refractivity contribution in [1.29, 1.82) is 0 Å². The number of unbranched alkanes of at least 4 members (excludes halogenated alkanes) is 4. The van der Waals surface area contributed by atoms with Crippen molar-refractivity contribution in [1.82, 2.24) is 20.2 Å². The smallest absolute Gasteiger partial charge is 0.234 e. The van der Waals surface area contributed by atoms with Gasteiger partial charge in [-0.1, -0.05) is 111 Å². The number of likely N-dealkylation sites (tertiary alicyclic amines) is 1. The Kier molecular flexibility index (Phi) is 10.0. The fourth-order valence-electron chi connectivity index (χ4n) is 8.42. The first-order valence-corrected chi connectivity index (χ1v) is 18.2. The zero-order chi connectivity index (χ0) is 35.4. The molecule has 5 atom stereocenters. The lowest BCUT2D eigenvalue weighted by Gasteiger charge is -2.36. The molecular formula is C43H44N4O4. The number of rotatable bonds is 14. The Balaban J connectivity index is 1.29. The molecule has 0 spiro atoms. The van der Waals surface area contributed by atoms with E-state index in [4.69, 9.17) is 4.98 Å². The van der Waals surface area contributed by atoms with Crippen LogP contribution in [-0.4, -0.2) is 50.8 Å². The van der Waals surface area contributed by atoms with Crippen molar-refractivity contribution in [3.63, 3.8) is 0 Å². The number of nitrogens with zero attached hydrogens (tertiary/aromatic N) is 3. The number of benzene rings is 2. The Morgan fingerprint density at radius 3 is 2.16 bits per heavy atom. The highest BCUT2D eigenvalue weighted by Gasteiger charge is 2.66. The van der Waals surface area contributed by atoms with Gasteiger partial charge in [-0.05, 0) is 53.0 Å². The van der Waals surface area contributed by atoms with Crippen LogP contribution in [0.2, 0.25) is 0 Å². The number of aliphatic hydroxyl groups is 1. The van der Waals surface area contributed by atoms with Crippen LogP contribution in [0.5, 0.6) is 0 Å². The van der Waals surface area contributed by atoms with Crippen molar-refractivity contribution in [2.24, 2.45) is 23.7 Å². The zero-order valence-corrected chi connectivity index (χ0v) is 28.9. The zero-order valence-electron chi connectivity index (χ0n) is 28.9. The molecule has 4 aromatic rings. The molecular weight excluding hydrogens is 636 g/mol. The Bertz CT molecular complexity index is 1850. The molecule has 2 aromatic carbocycles. The maximum Gasteiger partial charge on any atom is 0.234 e. The summed E-state index contributed by atoms with van der Waals surface area (Å²) in [6.07, 6.45) is 11.1. The first-order chi connectivity index (χ1) is 24.9. The molecule has 7 rings (SSSR count). The van der Waals surface area contributed by atoms with E-state index in [0.29, 0.717) is 23.3 Å². The van der Waals surface area contributed by atoms with Crippen LogP contribution in [0.25, 0.3) is 5.57 Å². The normalized spacial score (nSPS) is 22.8.